The molecule has 1 rings (SSSR count). The van der Waals surface area contributed by atoms with Gasteiger partial charge in [0, 0.05) is 0 Å². The van der Waals surface area contributed by atoms with Gasteiger partial charge in [-0.3, -0.25) is 0 Å². The molecule has 78 valence electrons. The van der Waals surface area contributed by atoms with Crippen molar-refractivity contribution >= 4 is 0 Å². The van der Waals surface area contributed by atoms with Crippen LogP contribution in [-0.4, -0.2) is 11.2 Å². The van der Waals surface area contributed by atoms with Gasteiger partial charge in [-0.1, -0.05) is 38.1 Å². The molecule has 14 heavy (non-hydrogen) atoms. The second-order valence-electron chi connectivity index (χ2n) is 4.09. The van der Waals surface area contributed by atoms with Crippen LogP contribution in [0.15, 0.2) is 24.3 Å². The number of benzene rings is 1. The predicted molar refractivity (Wildman–Crippen MR) is 59.1 cm³/mol. The predicted octanol–water partition coefficient (Wildman–Crippen LogP) is 2.19. The average molecular weight is 193 g/mol. The molecule has 0 saturated carbocycles. The van der Waals surface area contributed by atoms with Crippen molar-refractivity contribution in [2.75, 3.05) is 0 Å². The van der Waals surface area contributed by atoms with Crippen LogP contribution in [0.5, 0.6) is 0 Å². The number of hydrogen-bond donors (Lipinski definition) is 2. The van der Waals surface area contributed by atoms with E-state index >= 15 is 0 Å². The van der Waals surface area contributed by atoms with Gasteiger partial charge in [-0.2, -0.15) is 0 Å². The van der Waals surface area contributed by atoms with Gasteiger partial charge in [0.1, 0.15) is 0 Å². The molecule has 1 aromatic carbocycles. The molecule has 3 N–H and O–H groups in total. The first kappa shape index (κ1) is 11.2. The van der Waals surface area contributed by atoms with Crippen molar-refractivity contribution in [3.8, 4) is 0 Å². The first-order chi connectivity index (χ1) is 6.52. The van der Waals surface area contributed by atoms with Crippen molar-refractivity contribution in [1.29, 1.82) is 0 Å². The molecule has 0 heterocycles. The lowest BCUT2D eigenvalue weighted by Gasteiger charge is -2.15. The minimum absolute atomic E-state index is 0.281. The lowest BCUT2D eigenvalue weighted by Crippen LogP contribution is -2.23. The highest BCUT2D eigenvalue weighted by atomic mass is 16.3. The summed E-state index contributed by atoms with van der Waals surface area (Å²) in [7, 11) is 0. The van der Waals surface area contributed by atoms with E-state index < -0.39 is 6.10 Å². The maximum Gasteiger partial charge on any atom is 0.0704 e. The molecular formula is C12H19NO. The third-order valence-electron chi connectivity index (χ3n) is 2.51. The molecule has 2 atom stereocenters. The summed E-state index contributed by atoms with van der Waals surface area (Å²) in [4.78, 5) is 0. The Morgan fingerprint density at radius 3 is 1.79 bits per heavy atom. The Kier molecular flexibility index (Phi) is 3.67. The second-order valence-corrected chi connectivity index (χ2v) is 4.09. The lowest BCUT2D eigenvalue weighted by atomic mass is 9.98. The molecule has 2 nitrogen and oxygen atoms in total. The maximum atomic E-state index is 9.33. The standard InChI is InChI=1S/C12H19NO/c1-8(2)10-4-6-11(7-5-10)12(13)9(3)14/h4-9,12,14H,13H2,1-3H3. The fourth-order valence-corrected chi connectivity index (χ4v) is 1.38. The molecular weight excluding hydrogens is 174 g/mol. The zero-order valence-electron chi connectivity index (χ0n) is 9.07. The van der Waals surface area contributed by atoms with Gasteiger partial charge in [-0.25, -0.2) is 0 Å². The quantitative estimate of drug-likeness (QED) is 0.773. The van der Waals surface area contributed by atoms with Crippen LogP contribution >= 0.6 is 0 Å². The van der Waals surface area contributed by atoms with Crippen molar-refractivity contribution in [3.63, 3.8) is 0 Å². The molecule has 0 amide bonds. The zero-order chi connectivity index (χ0) is 10.7. The van der Waals surface area contributed by atoms with Crippen LogP contribution in [0.4, 0.5) is 0 Å². The van der Waals surface area contributed by atoms with Crippen LogP contribution in [0.1, 0.15) is 43.9 Å². The number of hydrogen-bond acceptors (Lipinski definition) is 2. The van der Waals surface area contributed by atoms with E-state index in [-0.39, 0.29) is 6.04 Å². The van der Waals surface area contributed by atoms with Gasteiger partial charge >= 0.3 is 0 Å². The zero-order valence-corrected chi connectivity index (χ0v) is 9.07. The van der Waals surface area contributed by atoms with Gasteiger partial charge in [0.25, 0.3) is 0 Å². The van der Waals surface area contributed by atoms with E-state index in [1.807, 2.05) is 12.1 Å². The van der Waals surface area contributed by atoms with Gasteiger partial charge in [0.2, 0.25) is 0 Å². The molecule has 0 fully saturated rings. The van der Waals surface area contributed by atoms with E-state index in [2.05, 4.69) is 26.0 Å². The van der Waals surface area contributed by atoms with E-state index in [4.69, 9.17) is 5.73 Å². The maximum absolute atomic E-state index is 9.33. The molecule has 0 aromatic heterocycles. The van der Waals surface area contributed by atoms with Crippen LogP contribution < -0.4 is 5.73 Å². The SMILES string of the molecule is CC(C)c1ccc(C(N)C(C)O)cc1. The molecule has 1 aromatic rings. The Balaban J connectivity index is 2.83. The van der Waals surface area contributed by atoms with Crippen LogP contribution in [0.2, 0.25) is 0 Å². The van der Waals surface area contributed by atoms with Crippen molar-refractivity contribution in [3.05, 3.63) is 35.4 Å². The smallest absolute Gasteiger partial charge is 0.0704 e. The summed E-state index contributed by atoms with van der Waals surface area (Å²) in [6.45, 7) is 6.02. The Labute approximate surface area is 85.8 Å². The van der Waals surface area contributed by atoms with Crippen LogP contribution in [-0.2, 0) is 0 Å². The number of rotatable bonds is 3. The monoisotopic (exact) mass is 193 g/mol. The van der Waals surface area contributed by atoms with Crippen molar-refractivity contribution in [2.45, 2.75) is 38.8 Å². The van der Waals surface area contributed by atoms with Gasteiger partial charge < -0.3 is 10.8 Å². The van der Waals surface area contributed by atoms with Crippen LogP contribution in [0, 0.1) is 0 Å². The molecule has 0 saturated heterocycles. The average Bonchev–Trinajstić information content (AvgIpc) is 2.16. The molecule has 2 heteroatoms. The lowest BCUT2D eigenvalue weighted by molar-refractivity contribution is 0.164. The van der Waals surface area contributed by atoms with Crippen molar-refractivity contribution < 1.29 is 5.11 Å². The molecule has 0 spiro atoms. The van der Waals surface area contributed by atoms with Crippen molar-refractivity contribution in [2.24, 2.45) is 5.73 Å². The van der Waals surface area contributed by atoms with Gasteiger partial charge in [-0.05, 0) is 24.0 Å². The summed E-state index contributed by atoms with van der Waals surface area (Å²) >= 11 is 0. The first-order valence-corrected chi connectivity index (χ1v) is 5.06. The minimum atomic E-state index is -0.500. The molecule has 0 aliphatic carbocycles. The number of aliphatic hydroxyl groups excluding tert-OH is 1. The molecule has 0 aliphatic heterocycles. The Morgan fingerprint density at radius 2 is 1.43 bits per heavy atom. The molecule has 2 unspecified atom stereocenters. The summed E-state index contributed by atoms with van der Waals surface area (Å²) in [5, 5.41) is 9.33. The Hall–Kier alpha value is -0.860. The normalized spacial score (nSPS) is 15.6. The highest BCUT2D eigenvalue weighted by Crippen LogP contribution is 2.19. The van der Waals surface area contributed by atoms with E-state index in [0.717, 1.165) is 5.56 Å². The fourth-order valence-electron chi connectivity index (χ4n) is 1.38. The number of aliphatic hydroxyl groups is 1. The Bertz CT molecular complexity index is 277. The van der Waals surface area contributed by atoms with E-state index in [1.54, 1.807) is 6.92 Å². The third-order valence-corrected chi connectivity index (χ3v) is 2.51. The van der Waals surface area contributed by atoms with Crippen LogP contribution in [0.25, 0.3) is 0 Å². The molecule has 0 aliphatic rings. The number of nitrogens with two attached hydrogens (primary N) is 1. The highest BCUT2D eigenvalue weighted by molar-refractivity contribution is 5.27. The van der Waals surface area contributed by atoms with Gasteiger partial charge in [-0.15, -0.1) is 0 Å². The summed E-state index contributed by atoms with van der Waals surface area (Å²) in [6.07, 6.45) is -0.500. The summed E-state index contributed by atoms with van der Waals surface area (Å²) in [5.74, 6) is 0.534. The van der Waals surface area contributed by atoms with E-state index in [1.165, 1.54) is 5.56 Å². The van der Waals surface area contributed by atoms with Gasteiger partial charge in [0.15, 0.2) is 0 Å². The topological polar surface area (TPSA) is 46.2 Å². The molecule has 0 radical (unpaired) electrons. The first-order valence-electron chi connectivity index (χ1n) is 5.06. The van der Waals surface area contributed by atoms with Gasteiger partial charge in [0.05, 0.1) is 12.1 Å². The second kappa shape index (κ2) is 4.58. The van der Waals surface area contributed by atoms with Crippen molar-refractivity contribution in [1.82, 2.24) is 0 Å². The summed E-state index contributed by atoms with van der Waals surface area (Å²) < 4.78 is 0. The largest absolute Gasteiger partial charge is 0.391 e. The summed E-state index contributed by atoms with van der Waals surface area (Å²) in [6, 6.07) is 7.85. The molecule has 0 bridgehead atoms. The summed E-state index contributed by atoms with van der Waals surface area (Å²) in [5.41, 5.74) is 8.10. The van der Waals surface area contributed by atoms with Crippen LogP contribution in [0.3, 0.4) is 0 Å². The fraction of sp³-hybridized carbons (Fsp3) is 0.500. The highest BCUT2D eigenvalue weighted by Gasteiger charge is 2.11. The van der Waals surface area contributed by atoms with E-state index in [9.17, 15) is 5.11 Å². The Morgan fingerprint density at radius 1 is 1.00 bits per heavy atom. The van der Waals surface area contributed by atoms with E-state index in [0.29, 0.717) is 5.92 Å². The third kappa shape index (κ3) is 2.56. The minimum Gasteiger partial charge on any atom is -0.391 e.